The zero-order valence-electron chi connectivity index (χ0n) is 25.0. The molecule has 6 rings (SSSR count). The van der Waals surface area contributed by atoms with E-state index in [9.17, 15) is 9.59 Å². The standard InChI is InChI=1S/C35H40Cl2N4O3/c36-30-14-13-29(23-31(30)37)35(28-11-5-2-6-12-28)26-34(24-27-9-3-1-4-10-27,38-33(43)40-16-7-8-17-40)15-18-41(35)20-19-39-21-22-44-25-32(39)42/h1-6,9-14,23H,7-8,15-22,24-26H2,(H,38,43). The number of benzene rings is 3. The van der Waals surface area contributed by atoms with Crippen molar-refractivity contribution < 1.29 is 14.3 Å². The number of nitrogens with zero attached hydrogens (tertiary/aromatic N) is 3. The minimum atomic E-state index is -0.657. The number of urea groups is 1. The molecule has 0 aromatic heterocycles. The summed E-state index contributed by atoms with van der Waals surface area (Å²) >= 11 is 13.2. The molecule has 0 radical (unpaired) electrons. The van der Waals surface area contributed by atoms with Crippen LogP contribution in [0.3, 0.4) is 0 Å². The predicted molar refractivity (Wildman–Crippen MR) is 174 cm³/mol. The number of amides is 3. The number of hydrogen-bond donors (Lipinski definition) is 1. The largest absolute Gasteiger partial charge is 0.370 e. The van der Waals surface area contributed by atoms with Crippen molar-refractivity contribution in [2.24, 2.45) is 0 Å². The highest BCUT2D eigenvalue weighted by Gasteiger charge is 2.52. The summed E-state index contributed by atoms with van der Waals surface area (Å²) < 4.78 is 5.39. The first-order chi connectivity index (χ1) is 21.4. The van der Waals surface area contributed by atoms with Crippen LogP contribution >= 0.6 is 23.2 Å². The van der Waals surface area contributed by atoms with Crippen LogP contribution in [0.5, 0.6) is 0 Å². The summed E-state index contributed by atoms with van der Waals surface area (Å²) in [5, 5.41) is 4.58. The van der Waals surface area contributed by atoms with E-state index in [1.165, 1.54) is 5.56 Å². The number of hydrogen-bond acceptors (Lipinski definition) is 4. The van der Waals surface area contributed by atoms with E-state index in [1.807, 2.05) is 34.1 Å². The Balaban J connectivity index is 1.46. The topological polar surface area (TPSA) is 65.1 Å². The summed E-state index contributed by atoms with van der Waals surface area (Å²) in [5.74, 6) is 0.0180. The van der Waals surface area contributed by atoms with Crippen molar-refractivity contribution in [3.8, 4) is 0 Å². The molecule has 1 N–H and O–H groups in total. The first-order valence-corrected chi connectivity index (χ1v) is 16.4. The third-order valence-electron chi connectivity index (χ3n) is 9.52. The number of rotatable bonds is 8. The Bertz CT molecular complexity index is 1450. The van der Waals surface area contributed by atoms with E-state index in [-0.39, 0.29) is 18.5 Å². The molecule has 2 atom stereocenters. The molecule has 0 spiro atoms. The average molecular weight is 636 g/mol. The number of nitrogens with one attached hydrogen (secondary N) is 1. The van der Waals surface area contributed by atoms with Crippen LogP contribution < -0.4 is 5.32 Å². The summed E-state index contributed by atoms with van der Waals surface area (Å²) in [5.41, 5.74) is 2.10. The van der Waals surface area contributed by atoms with Gasteiger partial charge in [-0.1, -0.05) is 89.9 Å². The first kappa shape index (κ1) is 30.9. The van der Waals surface area contributed by atoms with Crippen molar-refractivity contribution in [3.05, 3.63) is 106 Å². The van der Waals surface area contributed by atoms with Crippen LogP contribution in [0.2, 0.25) is 10.0 Å². The van der Waals surface area contributed by atoms with Gasteiger partial charge in [0.1, 0.15) is 6.61 Å². The van der Waals surface area contributed by atoms with Gasteiger partial charge in [-0.25, -0.2) is 4.79 Å². The number of ether oxygens (including phenoxy) is 1. The van der Waals surface area contributed by atoms with Crippen LogP contribution in [0.4, 0.5) is 4.79 Å². The second-order valence-corrected chi connectivity index (χ2v) is 13.1. The molecule has 3 aromatic carbocycles. The number of halogens is 2. The molecular weight excluding hydrogens is 595 g/mol. The molecule has 44 heavy (non-hydrogen) atoms. The van der Waals surface area contributed by atoms with Crippen LogP contribution in [0.1, 0.15) is 42.4 Å². The van der Waals surface area contributed by atoms with Crippen molar-refractivity contribution in [2.45, 2.75) is 43.2 Å². The van der Waals surface area contributed by atoms with Gasteiger partial charge >= 0.3 is 6.03 Å². The number of likely N-dealkylation sites (tertiary alicyclic amines) is 2. The van der Waals surface area contributed by atoms with Gasteiger partial charge in [0.25, 0.3) is 0 Å². The lowest BCUT2D eigenvalue weighted by Gasteiger charge is -2.56. The maximum atomic E-state index is 13.8. The fraction of sp³-hybridized carbons (Fsp3) is 0.429. The number of morpholine rings is 1. The molecular formula is C35H40Cl2N4O3. The summed E-state index contributed by atoms with van der Waals surface area (Å²) in [7, 11) is 0. The molecule has 2 unspecified atom stereocenters. The van der Waals surface area contributed by atoms with E-state index >= 15 is 0 Å². The Hall–Kier alpha value is -3.10. The Morgan fingerprint density at radius 2 is 1.57 bits per heavy atom. The molecule has 3 saturated heterocycles. The number of piperidine rings is 1. The van der Waals surface area contributed by atoms with Gasteiger partial charge in [0, 0.05) is 44.8 Å². The first-order valence-electron chi connectivity index (χ1n) is 15.6. The summed E-state index contributed by atoms with van der Waals surface area (Å²) in [6, 6.07) is 26.8. The number of carbonyl (C=O) groups is 2. The highest BCUT2D eigenvalue weighted by atomic mass is 35.5. The zero-order chi connectivity index (χ0) is 30.6. The number of carbonyl (C=O) groups excluding carboxylic acids is 2. The lowest BCUT2D eigenvalue weighted by Crippen LogP contribution is -2.66. The van der Waals surface area contributed by atoms with Crippen LogP contribution in [-0.2, 0) is 21.5 Å². The summed E-state index contributed by atoms with van der Waals surface area (Å²) in [4.78, 5) is 32.9. The van der Waals surface area contributed by atoms with Gasteiger partial charge in [-0.3, -0.25) is 9.69 Å². The average Bonchev–Trinajstić information content (AvgIpc) is 3.59. The van der Waals surface area contributed by atoms with E-state index in [2.05, 4.69) is 64.8 Å². The molecule has 0 aliphatic carbocycles. The minimum Gasteiger partial charge on any atom is -0.370 e. The van der Waals surface area contributed by atoms with E-state index < -0.39 is 11.1 Å². The predicted octanol–water partition coefficient (Wildman–Crippen LogP) is 5.98. The maximum Gasteiger partial charge on any atom is 0.317 e. The quantitative estimate of drug-likeness (QED) is 0.331. The van der Waals surface area contributed by atoms with Gasteiger partial charge in [0.05, 0.1) is 22.2 Å². The van der Waals surface area contributed by atoms with Crippen LogP contribution in [0.15, 0.2) is 78.9 Å². The highest BCUT2D eigenvalue weighted by Crippen LogP contribution is 2.49. The SMILES string of the molecule is O=C1COCCN1CCN1CCC(Cc2ccccc2)(NC(=O)N2CCCC2)CC1(c1ccccc1)c1ccc(Cl)c(Cl)c1. The van der Waals surface area contributed by atoms with E-state index in [0.717, 1.165) is 43.5 Å². The van der Waals surface area contributed by atoms with Crippen LogP contribution in [0.25, 0.3) is 0 Å². The van der Waals surface area contributed by atoms with E-state index in [4.69, 9.17) is 27.9 Å². The molecule has 7 nitrogen and oxygen atoms in total. The van der Waals surface area contributed by atoms with Gasteiger partial charge in [0.15, 0.2) is 0 Å². The third-order valence-corrected chi connectivity index (χ3v) is 10.3. The van der Waals surface area contributed by atoms with E-state index in [1.54, 1.807) is 0 Å². The molecule has 3 amide bonds. The molecule has 3 aliphatic heterocycles. The molecule has 3 heterocycles. The van der Waals surface area contributed by atoms with Crippen molar-refractivity contribution >= 4 is 35.1 Å². The third kappa shape index (κ3) is 6.47. The summed E-state index contributed by atoms with van der Waals surface area (Å²) in [6.45, 7) is 4.77. The van der Waals surface area contributed by atoms with Gasteiger partial charge in [-0.2, -0.15) is 0 Å². The fourth-order valence-electron chi connectivity index (χ4n) is 7.28. The Labute approximate surface area is 270 Å². The Morgan fingerprint density at radius 1 is 0.841 bits per heavy atom. The lowest BCUT2D eigenvalue weighted by molar-refractivity contribution is -0.143. The van der Waals surface area contributed by atoms with Gasteiger partial charge in [0.2, 0.25) is 5.91 Å². The normalized spacial score (nSPS) is 24.5. The molecule has 9 heteroatoms. The van der Waals surface area contributed by atoms with Crippen molar-refractivity contribution in [3.63, 3.8) is 0 Å². The Morgan fingerprint density at radius 3 is 2.27 bits per heavy atom. The van der Waals surface area contributed by atoms with Crippen LogP contribution in [0, 0.1) is 0 Å². The molecule has 3 fully saturated rings. The molecule has 3 aromatic rings. The monoisotopic (exact) mass is 634 g/mol. The maximum absolute atomic E-state index is 13.8. The van der Waals surface area contributed by atoms with Crippen LogP contribution in [-0.4, -0.2) is 84.7 Å². The fourth-order valence-corrected chi connectivity index (χ4v) is 7.58. The molecule has 0 saturated carbocycles. The molecule has 232 valence electrons. The van der Waals surface area contributed by atoms with Gasteiger partial charge in [-0.05, 0) is 60.9 Å². The van der Waals surface area contributed by atoms with Crippen molar-refractivity contribution in [1.82, 2.24) is 20.0 Å². The van der Waals surface area contributed by atoms with Crippen molar-refractivity contribution in [2.75, 3.05) is 52.5 Å². The molecule has 0 bridgehead atoms. The summed E-state index contributed by atoms with van der Waals surface area (Å²) in [6.07, 6.45) is 4.13. The van der Waals surface area contributed by atoms with Gasteiger partial charge < -0.3 is 19.9 Å². The second-order valence-electron chi connectivity index (χ2n) is 12.3. The highest BCUT2D eigenvalue weighted by molar-refractivity contribution is 6.42. The van der Waals surface area contributed by atoms with Gasteiger partial charge in [-0.15, -0.1) is 0 Å². The smallest absolute Gasteiger partial charge is 0.317 e. The Kier molecular flexibility index (Phi) is 9.48. The minimum absolute atomic E-state index is 0.00175. The second kappa shape index (κ2) is 13.5. The zero-order valence-corrected chi connectivity index (χ0v) is 26.5. The van der Waals surface area contributed by atoms with Crippen molar-refractivity contribution in [1.29, 1.82) is 0 Å². The molecule has 3 aliphatic rings. The lowest BCUT2D eigenvalue weighted by atomic mass is 9.66. The van der Waals surface area contributed by atoms with E-state index in [0.29, 0.717) is 55.7 Å².